The number of ketones is 1. The highest BCUT2D eigenvalue weighted by molar-refractivity contribution is 6.00. The van der Waals surface area contributed by atoms with Crippen molar-refractivity contribution in [3.8, 4) is 5.75 Å². The molecule has 1 N–H and O–H groups in total. The van der Waals surface area contributed by atoms with Gasteiger partial charge >= 0.3 is 0 Å². The van der Waals surface area contributed by atoms with Crippen LogP contribution in [0.25, 0.3) is 0 Å². The Morgan fingerprint density at radius 3 is 2.22 bits per heavy atom. The second-order valence-corrected chi connectivity index (χ2v) is 4.28. The van der Waals surface area contributed by atoms with Gasteiger partial charge in [0.2, 0.25) is 0 Å². The molecule has 92 valence electrons. The van der Waals surface area contributed by atoms with Gasteiger partial charge in [-0.2, -0.15) is 0 Å². The summed E-state index contributed by atoms with van der Waals surface area (Å²) in [7, 11) is 0. The average molecular weight is 240 g/mol. The smallest absolute Gasteiger partial charge is 0.170 e. The lowest BCUT2D eigenvalue weighted by molar-refractivity contribution is 0.0957. The number of carbonyl (C=O) groups excluding carboxylic acids is 1. The molecule has 2 aromatic carbocycles. The molecule has 0 heterocycles. The van der Waals surface area contributed by atoms with Gasteiger partial charge in [0.15, 0.2) is 5.78 Å². The van der Waals surface area contributed by atoms with Crippen molar-refractivity contribution in [1.82, 2.24) is 0 Å². The molecule has 0 amide bonds. The molecule has 0 saturated heterocycles. The lowest BCUT2D eigenvalue weighted by Gasteiger charge is -2.14. The van der Waals surface area contributed by atoms with Gasteiger partial charge in [-0.05, 0) is 24.1 Å². The van der Waals surface area contributed by atoms with Crippen LogP contribution in [0.2, 0.25) is 0 Å². The first-order valence-electron chi connectivity index (χ1n) is 6.10. The summed E-state index contributed by atoms with van der Waals surface area (Å²) >= 11 is 0. The summed E-state index contributed by atoms with van der Waals surface area (Å²) in [6.45, 7) is 2.00. The van der Waals surface area contributed by atoms with Crippen molar-refractivity contribution in [2.45, 2.75) is 19.3 Å². The van der Waals surface area contributed by atoms with E-state index in [9.17, 15) is 9.90 Å². The summed E-state index contributed by atoms with van der Waals surface area (Å²) in [5, 5.41) is 9.28. The fraction of sp³-hybridized carbons (Fsp3) is 0.188. The van der Waals surface area contributed by atoms with Crippen LogP contribution in [0.4, 0.5) is 0 Å². The van der Waals surface area contributed by atoms with Crippen LogP contribution in [0, 0.1) is 0 Å². The van der Waals surface area contributed by atoms with E-state index in [1.165, 1.54) is 0 Å². The van der Waals surface area contributed by atoms with Gasteiger partial charge in [0.05, 0.1) is 0 Å². The third kappa shape index (κ3) is 2.59. The Morgan fingerprint density at radius 1 is 1.06 bits per heavy atom. The van der Waals surface area contributed by atoms with Gasteiger partial charge in [0.25, 0.3) is 0 Å². The van der Waals surface area contributed by atoms with Crippen molar-refractivity contribution in [2.24, 2.45) is 0 Å². The third-order valence-corrected chi connectivity index (χ3v) is 3.08. The molecule has 2 rings (SSSR count). The maximum atomic E-state index is 12.4. The van der Waals surface area contributed by atoms with E-state index in [0.717, 1.165) is 17.5 Å². The van der Waals surface area contributed by atoms with Crippen LogP contribution in [-0.4, -0.2) is 10.9 Å². The van der Waals surface area contributed by atoms with E-state index in [2.05, 4.69) is 0 Å². The number of Topliss-reactive ketones (excluding diaryl/α,β-unsaturated/α-hetero) is 1. The maximum Gasteiger partial charge on any atom is 0.170 e. The molecule has 0 unspecified atom stereocenters. The zero-order valence-electron chi connectivity index (χ0n) is 10.3. The molecule has 0 aromatic heterocycles. The molecule has 0 aliphatic carbocycles. The fourth-order valence-corrected chi connectivity index (χ4v) is 2.08. The van der Waals surface area contributed by atoms with Crippen molar-refractivity contribution in [1.29, 1.82) is 0 Å². The van der Waals surface area contributed by atoms with Crippen LogP contribution in [0.3, 0.4) is 0 Å². The summed E-state index contributed by atoms with van der Waals surface area (Å²) in [6, 6.07) is 16.2. The fourth-order valence-electron chi connectivity index (χ4n) is 2.08. The molecule has 1 atom stereocenters. The predicted octanol–water partition coefficient (Wildman–Crippen LogP) is 3.77. The number of aromatic hydroxyl groups is 1. The average Bonchev–Trinajstić information content (AvgIpc) is 2.42. The number of hydrogen-bond donors (Lipinski definition) is 1. The molecule has 0 bridgehead atoms. The largest absolute Gasteiger partial charge is 0.508 e. The number of hydrogen-bond acceptors (Lipinski definition) is 2. The normalized spacial score (nSPS) is 12.1. The Hall–Kier alpha value is -2.09. The van der Waals surface area contributed by atoms with Gasteiger partial charge < -0.3 is 5.11 Å². The van der Waals surface area contributed by atoms with Crippen LogP contribution in [0.1, 0.15) is 35.2 Å². The minimum Gasteiger partial charge on any atom is -0.508 e. The van der Waals surface area contributed by atoms with Gasteiger partial charge in [-0.15, -0.1) is 0 Å². The van der Waals surface area contributed by atoms with Crippen molar-refractivity contribution < 1.29 is 9.90 Å². The van der Waals surface area contributed by atoms with E-state index >= 15 is 0 Å². The van der Waals surface area contributed by atoms with Crippen LogP contribution in [0.5, 0.6) is 5.75 Å². The summed E-state index contributed by atoms with van der Waals surface area (Å²) in [4.78, 5) is 12.4. The van der Waals surface area contributed by atoms with Crippen molar-refractivity contribution >= 4 is 5.78 Å². The summed E-state index contributed by atoms with van der Waals surface area (Å²) in [6.07, 6.45) is 0.749. The Balaban J connectivity index is 2.29. The summed E-state index contributed by atoms with van der Waals surface area (Å²) in [5.74, 6) is 0.206. The zero-order chi connectivity index (χ0) is 13.0. The highest BCUT2D eigenvalue weighted by Crippen LogP contribution is 2.25. The number of benzene rings is 2. The Kier molecular flexibility index (Phi) is 3.78. The predicted molar refractivity (Wildman–Crippen MR) is 71.9 cm³/mol. The van der Waals surface area contributed by atoms with E-state index in [4.69, 9.17) is 0 Å². The summed E-state index contributed by atoms with van der Waals surface area (Å²) < 4.78 is 0. The molecule has 2 heteroatoms. The summed E-state index contributed by atoms with van der Waals surface area (Å²) in [5.41, 5.74) is 1.68. The standard InChI is InChI=1S/C16H16O2/c1-2-15(12-8-10-14(17)11-9-12)16(18)13-6-4-3-5-7-13/h3-11,15,17H,2H2,1H3/t15-/m0/s1. The Morgan fingerprint density at radius 2 is 1.67 bits per heavy atom. The van der Waals surface area contributed by atoms with E-state index < -0.39 is 0 Å². The van der Waals surface area contributed by atoms with Crippen molar-refractivity contribution in [3.63, 3.8) is 0 Å². The topological polar surface area (TPSA) is 37.3 Å². The SMILES string of the molecule is CC[C@H](C(=O)c1ccccc1)c1ccc(O)cc1. The van der Waals surface area contributed by atoms with Crippen molar-refractivity contribution in [3.05, 3.63) is 65.7 Å². The van der Waals surface area contributed by atoms with Gasteiger partial charge in [-0.3, -0.25) is 4.79 Å². The Labute approximate surface area is 107 Å². The lowest BCUT2D eigenvalue weighted by Crippen LogP contribution is -2.12. The molecule has 0 spiro atoms. The van der Waals surface area contributed by atoms with Gasteiger partial charge in [-0.1, -0.05) is 49.4 Å². The minimum absolute atomic E-state index is 0.129. The molecule has 0 radical (unpaired) electrons. The van der Waals surface area contributed by atoms with Gasteiger partial charge in [0.1, 0.15) is 5.75 Å². The number of rotatable bonds is 4. The monoisotopic (exact) mass is 240 g/mol. The second-order valence-electron chi connectivity index (χ2n) is 4.28. The molecule has 0 fully saturated rings. The molecule has 0 saturated carbocycles. The highest BCUT2D eigenvalue weighted by Gasteiger charge is 2.19. The molecule has 18 heavy (non-hydrogen) atoms. The first kappa shape index (κ1) is 12.4. The van der Waals surface area contributed by atoms with Crippen LogP contribution >= 0.6 is 0 Å². The minimum atomic E-state index is -0.145. The quantitative estimate of drug-likeness (QED) is 0.826. The first-order chi connectivity index (χ1) is 8.72. The van der Waals surface area contributed by atoms with E-state index in [1.54, 1.807) is 12.1 Å². The molecule has 2 nitrogen and oxygen atoms in total. The van der Waals surface area contributed by atoms with Crippen LogP contribution < -0.4 is 0 Å². The lowest BCUT2D eigenvalue weighted by atomic mass is 9.88. The number of phenols is 1. The molecule has 2 aromatic rings. The van der Waals surface area contributed by atoms with E-state index in [0.29, 0.717) is 0 Å². The zero-order valence-corrected chi connectivity index (χ0v) is 10.3. The molecule has 0 aliphatic heterocycles. The highest BCUT2D eigenvalue weighted by atomic mass is 16.3. The van der Waals surface area contributed by atoms with E-state index in [1.807, 2.05) is 49.4 Å². The number of carbonyl (C=O) groups is 1. The van der Waals surface area contributed by atoms with Gasteiger partial charge in [-0.25, -0.2) is 0 Å². The first-order valence-corrected chi connectivity index (χ1v) is 6.10. The Bertz CT molecular complexity index is 515. The second kappa shape index (κ2) is 5.50. The molecule has 0 aliphatic rings. The van der Waals surface area contributed by atoms with Crippen LogP contribution in [0.15, 0.2) is 54.6 Å². The maximum absolute atomic E-state index is 12.4. The van der Waals surface area contributed by atoms with Gasteiger partial charge in [0, 0.05) is 11.5 Å². The molecular weight excluding hydrogens is 224 g/mol. The molecular formula is C16H16O2. The third-order valence-electron chi connectivity index (χ3n) is 3.08. The van der Waals surface area contributed by atoms with Crippen LogP contribution in [-0.2, 0) is 0 Å². The van der Waals surface area contributed by atoms with Crippen molar-refractivity contribution in [2.75, 3.05) is 0 Å². The van der Waals surface area contributed by atoms with E-state index in [-0.39, 0.29) is 17.5 Å². The number of phenolic OH excluding ortho intramolecular Hbond substituents is 1.